The summed E-state index contributed by atoms with van der Waals surface area (Å²) >= 11 is 0. The monoisotopic (exact) mass is 143 g/mol. The number of tetrazole rings is 1. The number of rotatable bonds is 2. The van der Waals surface area contributed by atoms with E-state index in [1.54, 1.807) is 0 Å². The van der Waals surface area contributed by atoms with Gasteiger partial charge in [0.05, 0.1) is 13.1 Å². The van der Waals surface area contributed by atoms with Crippen LogP contribution in [0.3, 0.4) is 0 Å². The molecular weight excluding hydrogens is 130 g/mol. The fourth-order valence-electron chi connectivity index (χ4n) is 0.400. The van der Waals surface area contributed by atoms with Crippen molar-refractivity contribution < 1.29 is 5.32 Å². The van der Waals surface area contributed by atoms with Crippen LogP contribution in [0.1, 0.15) is 13.8 Å². The number of H-pyrrole nitrogens is 1. The molecule has 3 N–H and O–H groups in total. The second-order valence-corrected chi connectivity index (χ2v) is 1.62. The van der Waals surface area contributed by atoms with E-state index in [0.29, 0.717) is 0 Å². The molecule has 1 aromatic rings. The molecule has 0 aliphatic rings. The highest BCUT2D eigenvalue weighted by molar-refractivity contribution is 4.19. The topological polar surface area (TPSA) is 71.1 Å². The molecule has 1 aromatic heterocycles. The summed E-state index contributed by atoms with van der Waals surface area (Å²) in [5, 5.41) is 14.1. The van der Waals surface area contributed by atoms with Crippen molar-refractivity contribution >= 4 is 0 Å². The Bertz CT molecular complexity index is 96.4. The third-order valence-corrected chi connectivity index (χ3v) is 0.817. The number of quaternary nitrogens is 1. The predicted octanol–water partition coefficient (Wildman–Crippen LogP) is -1.41. The Labute approximate surface area is 60.2 Å². The molecule has 10 heavy (non-hydrogen) atoms. The van der Waals surface area contributed by atoms with E-state index >= 15 is 0 Å². The fourth-order valence-corrected chi connectivity index (χ4v) is 0.400. The Hall–Kier alpha value is -0.970. The number of aromatic amines is 1. The third kappa shape index (κ3) is 7.03. The van der Waals surface area contributed by atoms with Crippen LogP contribution in [0.4, 0.5) is 0 Å². The highest BCUT2D eigenvalue weighted by Gasteiger charge is 1.67. The minimum Gasteiger partial charge on any atom is -0.357 e. The zero-order valence-corrected chi connectivity index (χ0v) is 6.33. The first-order valence-electron chi connectivity index (χ1n) is 3.33. The molecule has 58 valence electrons. The molecule has 0 aliphatic heterocycles. The molecule has 5 heteroatoms. The van der Waals surface area contributed by atoms with E-state index in [2.05, 4.69) is 46.1 Å². The molecule has 0 spiro atoms. The molecule has 0 aliphatic carbocycles. The van der Waals surface area contributed by atoms with Gasteiger partial charge in [-0.15, -0.1) is 0 Å². The second-order valence-electron chi connectivity index (χ2n) is 1.62. The van der Waals surface area contributed by atoms with Crippen LogP contribution in [-0.2, 0) is 0 Å². The second kappa shape index (κ2) is 8.03. The molecule has 1 heterocycles. The Morgan fingerprint density at radius 1 is 1.40 bits per heavy atom. The zero-order valence-electron chi connectivity index (χ0n) is 6.33. The minimum atomic E-state index is 1.22. The Morgan fingerprint density at radius 2 is 2.10 bits per heavy atom. The van der Waals surface area contributed by atoms with Gasteiger partial charge in [0.15, 0.2) is 0 Å². The maximum atomic E-state index is 3.25. The van der Waals surface area contributed by atoms with Gasteiger partial charge in [0.1, 0.15) is 0 Å². The molecule has 0 unspecified atom stereocenters. The van der Waals surface area contributed by atoms with E-state index in [4.69, 9.17) is 0 Å². The molecule has 0 aromatic carbocycles. The van der Waals surface area contributed by atoms with E-state index in [1.165, 1.54) is 13.1 Å². The highest BCUT2D eigenvalue weighted by Crippen LogP contribution is 1.41. The zero-order chi connectivity index (χ0) is 7.66. The molecule has 0 fully saturated rings. The number of nitrogens with two attached hydrogens (primary N) is 1. The van der Waals surface area contributed by atoms with Gasteiger partial charge in [-0.2, -0.15) is 0 Å². The number of hydrogen-bond acceptors (Lipinski definition) is 3. The maximum absolute atomic E-state index is 3.25. The quantitative estimate of drug-likeness (QED) is 0.500. The first-order valence-corrected chi connectivity index (χ1v) is 3.33. The lowest BCUT2D eigenvalue weighted by molar-refractivity contribution is -0.648. The summed E-state index contributed by atoms with van der Waals surface area (Å²) in [6, 6.07) is 0. The lowest BCUT2D eigenvalue weighted by atomic mass is 10.7. The summed E-state index contributed by atoms with van der Waals surface area (Å²) < 4.78 is 0. The normalized spacial score (nSPS) is 8.20. The Morgan fingerprint density at radius 3 is 2.20 bits per heavy atom. The largest absolute Gasteiger partial charge is 0.357 e. The molecule has 0 atom stereocenters. The third-order valence-electron chi connectivity index (χ3n) is 0.817. The smallest absolute Gasteiger partial charge is 0.0726 e. The van der Waals surface area contributed by atoms with Crippen LogP contribution in [0.2, 0.25) is 0 Å². The number of nitrogens with zero attached hydrogens (tertiary/aromatic N) is 3. The van der Waals surface area contributed by atoms with Crippen LogP contribution in [0.25, 0.3) is 0 Å². The van der Waals surface area contributed by atoms with Crippen molar-refractivity contribution in [3.05, 3.63) is 6.33 Å². The van der Waals surface area contributed by atoms with Crippen molar-refractivity contribution in [2.24, 2.45) is 0 Å². The molecule has 0 radical (unpaired) electrons. The van der Waals surface area contributed by atoms with Gasteiger partial charge >= 0.3 is 0 Å². The van der Waals surface area contributed by atoms with Crippen molar-refractivity contribution in [1.29, 1.82) is 0 Å². The van der Waals surface area contributed by atoms with Crippen molar-refractivity contribution in [2.45, 2.75) is 13.8 Å². The number of hydrogen-bond donors (Lipinski definition) is 2. The predicted molar refractivity (Wildman–Crippen MR) is 36.0 cm³/mol. The van der Waals surface area contributed by atoms with Crippen LogP contribution in [0.5, 0.6) is 0 Å². The van der Waals surface area contributed by atoms with Gasteiger partial charge in [0.25, 0.3) is 0 Å². The van der Waals surface area contributed by atoms with E-state index in [0.717, 1.165) is 0 Å². The van der Waals surface area contributed by atoms with E-state index in [1.807, 2.05) is 0 Å². The van der Waals surface area contributed by atoms with Crippen molar-refractivity contribution in [1.82, 2.24) is 20.6 Å². The van der Waals surface area contributed by atoms with Crippen LogP contribution >= 0.6 is 0 Å². The lowest BCUT2D eigenvalue weighted by Gasteiger charge is -1.83. The van der Waals surface area contributed by atoms with Gasteiger partial charge in [-0.05, 0) is 13.8 Å². The maximum Gasteiger partial charge on any atom is 0.0726 e. The van der Waals surface area contributed by atoms with Crippen LogP contribution in [0, 0.1) is 6.33 Å². The first-order chi connectivity index (χ1) is 4.91. The number of aromatic nitrogens is 4. The van der Waals surface area contributed by atoms with Crippen molar-refractivity contribution in [2.75, 3.05) is 13.1 Å². The summed E-state index contributed by atoms with van der Waals surface area (Å²) in [4.78, 5) is 0. The van der Waals surface area contributed by atoms with Gasteiger partial charge in [0.2, 0.25) is 0 Å². The van der Waals surface area contributed by atoms with Gasteiger partial charge in [-0.1, -0.05) is 5.21 Å². The standard InChI is InChI=1S/C4H11N.CHN4/c1-3-5-4-2;1-2-4-5-3-1/h5H,3-4H2,1-2H3;(H,2,3,4,5)/q;-1/p+1. The molecule has 0 saturated carbocycles. The first kappa shape index (κ1) is 9.03. The number of nitrogens with one attached hydrogen (secondary N) is 1. The van der Waals surface area contributed by atoms with Gasteiger partial charge in [-0.3, -0.25) is 0 Å². The minimum absolute atomic E-state index is 1.22. The molecule has 1 rings (SSSR count). The van der Waals surface area contributed by atoms with Gasteiger partial charge in [0, 0.05) is 0 Å². The Kier molecular flexibility index (Phi) is 7.25. The average molecular weight is 143 g/mol. The molecule has 0 bridgehead atoms. The molecule has 0 saturated heterocycles. The lowest BCUT2D eigenvalue weighted by Crippen LogP contribution is -2.82. The molecule has 5 nitrogen and oxygen atoms in total. The fraction of sp³-hybridized carbons (Fsp3) is 0.800. The van der Waals surface area contributed by atoms with Crippen LogP contribution in [0.15, 0.2) is 0 Å². The SMILES string of the molecule is CC[NH2+]CC.[c-]1nn[nH]n1. The van der Waals surface area contributed by atoms with E-state index in [-0.39, 0.29) is 0 Å². The summed E-state index contributed by atoms with van der Waals surface area (Å²) in [6.07, 6.45) is 2.19. The van der Waals surface area contributed by atoms with E-state index < -0.39 is 0 Å². The highest BCUT2D eigenvalue weighted by atomic mass is 15.5. The van der Waals surface area contributed by atoms with Gasteiger partial charge < -0.3 is 15.5 Å². The molecule has 0 amide bonds. The van der Waals surface area contributed by atoms with Crippen LogP contribution < -0.4 is 5.32 Å². The van der Waals surface area contributed by atoms with Crippen molar-refractivity contribution in [3.8, 4) is 0 Å². The van der Waals surface area contributed by atoms with Crippen LogP contribution in [-0.4, -0.2) is 33.7 Å². The van der Waals surface area contributed by atoms with E-state index in [9.17, 15) is 0 Å². The average Bonchev–Trinajstić information content (AvgIpc) is 2.44. The summed E-state index contributed by atoms with van der Waals surface area (Å²) in [5.41, 5.74) is 0. The van der Waals surface area contributed by atoms with Gasteiger partial charge in [-0.25, -0.2) is 11.5 Å². The Balaban J connectivity index is 0.000000162. The van der Waals surface area contributed by atoms with Crippen molar-refractivity contribution in [3.63, 3.8) is 0 Å². The summed E-state index contributed by atoms with van der Waals surface area (Å²) in [6.45, 7) is 6.75. The summed E-state index contributed by atoms with van der Waals surface area (Å²) in [7, 11) is 0. The summed E-state index contributed by atoms with van der Waals surface area (Å²) in [5.74, 6) is 0. The molecular formula is C5H13N5.